The number of phenols is 1. The van der Waals surface area contributed by atoms with Crippen molar-refractivity contribution in [1.29, 1.82) is 0 Å². The number of benzene rings is 4. The van der Waals surface area contributed by atoms with Gasteiger partial charge in [0.05, 0.1) is 21.3 Å². The van der Waals surface area contributed by atoms with Crippen LogP contribution in [0.3, 0.4) is 0 Å². The van der Waals surface area contributed by atoms with Gasteiger partial charge in [0.2, 0.25) is 5.75 Å². The van der Waals surface area contributed by atoms with Gasteiger partial charge in [-0.1, -0.05) is 18.2 Å². The molecule has 0 aromatic heterocycles. The number of aromatic hydroxyl groups is 1. The lowest BCUT2D eigenvalue weighted by atomic mass is 9.87. The van der Waals surface area contributed by atoms with Crippen molar-refractivity contribution in [1.82, 2.24) is 4.90 Å². The highest BCUT2D eigenvalue weighted by Gasteiger charge is 2.33. The summed E-state index contributed by atoms with van der Waals surface area (Å²) in [6.45, 7) is 1.54. The Hall–Kier alpha value is -4.69. The van der Waals surface area contributed by atoms with Crippen molar-refractivity contribution >= 4 is 5.71 Å². The van der Waals surface area contributed by atoms with E-state index in [4.69, 9.17) is 28.7 Å². The van der Waals surface area contributed by atoms with Gasteiger partial charge >= 0.3 is 0 Å². The van der Waals surface area contributed by atoms with Crippen LogP contribution in [0.25, 0.3) is 0 Å². The summed E-state index contributed by atoms with van der Waals surface area (Å²) in [7, 11) is 6.96. The van der Waals surface area contributed by atoms with E-state index in [1.54, 1.807) is 21.3 Å². The number of aliphatic imine (C=N–C) groups is 1. The Labute approximate surface area is 257 Å². The molecule has 1 unspecified atom stereocenters. The molecule has 6 heterocycles. The average Bonchev–Trinajstić information content (AvgIpc) is 3.04. The molecule has 0 radical (unpaired) electrons. The molecule has 8 nitrogen and oxygen atoms in total. The monoisotopic (exact) mass is 592 g/mol. The highest BCUT2D eigenvalue weighted by molar-refractivity contribution is 6.04. The third kappa shape index (κ3) is 4.99. The first-order valence-corrected chi connectivity index (χ1v) is 14.9. The topological polar surface area (TPSA) is 82.0 Å². The predicted octanol–water partition coefficient (Wildman–Crippen LogP) is 6.68. The van der Waals surface area contributed by atoms with Crippen molar-refractivity contribution in [2.24, 2.45) is 4.99 Å². The Balaban J connectivity index is 1.44. The van der Waals surface area contributed by atoms with Crippen molar-refractivity contribution in [3.63, 3.8) is 0 Å². The fraction of sp³-hybridized carbons (Fsp3) is 0.306. The van der Waals surface area contributed by atoms with E-state index in [2.05, 4.69) is 30.1 Å². The minimum Gasteiger partial charge on any atom is -0.502 e. The third-order valence-electron chi connectivity index (χ3n) is 8.94. The van der Waals surface area contributed by atoms with E-state index in [1.807, 2.05) is 42.5 Å². The second-order valence-corrected chi connectivity index (χ2v) is 11.5. The van der Waals surface area contributed by atoms with Crippen molar-refractivity contribution in [3.8, 4) is 46.0 Å². The lowest BCUT2D eigenvalue weighted by molar-refractivity contribution is 0.221. The molecular weight excluding hydrogens is 556 g/mol. The van der Waals surface area contributed by atoms with Crippen LogP contribution in [0.5, 0.6) is 46.0 Å². The van der Waals surface area contributed by atoms with Crippen molar-refractivity contribution in [2.75, 3.05) is 41.5 Å². The molecule has 4 aromatic rings. The summed E-state index contributed by atoms with van der Waals surface area (Å²) >= 11 is 0. The lowest BCUT2D eigenvalue weighted by Gasteiger charge is -2.36. The summed E-state index contributed by atoms with van der Waals surface area (Å²) in [6.07, 6.45) is 2.92. The van der Waals surface area contributed by atoms with Gasteiger partial charge in [0, 0.05) is 42.4 Å². The fourth-order valence-corrected chi connectivity index (χ4v) is 6.57. The molecule has 4 aromatic carbocycles. The summed E-state index contributed by atoms with van der Waals surface area (Å²) in [6, 6.07) is 20.1. The standard InChI is InChI=1S/C36H36N2O6/c1-38-14-12-24-19-33(42-4)35(39)36-34(24)28(38)16-22-7-10-29(40-2)31(17-22)43-25-8-5-21(6-9-25)15-27-26-20-30(41-3)32(44-36)18-23(26)11-13-37-27/h5-10,17-20,28,39H,11-16H2,1-4H3. The second kappa shape index (κ2) is 11.4. The van der Waals surface area contributed by atoms with E-state index in [1.165, 1.54) is 0 Å². The molecule has 6 aliphatic heterocycles. The number of nitrogens with zero attached hydrogens (tertiary/aromatic N) is 2. The quantitative estimate of drug-likeness (QED) is 0.284. The Morgan fingerprint density at radius 3 is 2.32 bits per heavy atom. The van der Waals surface area contributed by atoms with Gasteiger partial charge in [-0.3, -0.25) is 9.89 Å². The zero-order valence-corrected chi connectivity index (χ0v) is 25.5. The van der Waals surface area contributed by atoms with Crippen LogP contribution in [0.2, 0.25) is 0 Å². The average molecular weight is 593 g/mol. The number of hydrogen-bond acceptors (Lipinski definition) is 8. The van der Waals surface area contributed by atoms with Gasteiger partial charge < -0.3 is 28.8 Å². The molecular formula is C36H36N2O6. The molecule has 8 bridgehead atoms. The molecule has 6 aliphatic rings. The highest BCUT2D eigenvalue weighted by Crippen LogP contribution is 2.51. The summed E-state index contributed by atoms with van der Waals surface area (Å²) in [4.78, 5) is 7.20. The molecule has 0 aliphatic carbocycles. The van der Waals surface area contributed by atoms with Crippen LogP contribution in [0.15, 0.2) is 65.7 Å². The normalized spacial score (nSPS) is 17.3. The van der Waals surface area contributed by atoms with Crippen LogP contribution in [-0.4, -0.2) is 57.2 Å². The number of methoxy groups -OCH3 is 3. The molecule has 226 valence electrons. The summed E-state index contributed by atoms with van der Waals surface area (Å²) in [5.41, 5.74) is 7.40. The van der Waals surface area contributed by atoms with Crippen molar-refractivity contribution in [3.05, 3.63) is 94.0 Å². The molecule has 44 heavy (non-hydrogen) atoms. The maximum atomic E-state index is 11.6. The zero-order chi connectivity index (χ0) is 30.4. The summed E-state index contributed by atoms with van der Waals surface area (Å²) < 4.78 is 30.3. The van der Waals surface area contributed by atoms with Gasteiger partial charge in [0.15, 0.2) is 34.5 Å². The van der Waals surface area contributed by atoms with Crippen LogP contribution >= 0.6 is 0 Å². The number of hydrogen-bond donors (Lipinski definition) is 1. The maximum Gasteiger partial charge on any atom is 0.201 e. The molecule has 8 heteroatoms. The number of likely N-dealkylation sites (N-methyl/N-ethyl adjacent to an activating group) is 1. The third-order valence-corrected chi connectivity index (χ3v) is 8.94. The molecule has 0 amide bonds. The zero-order valence-electron chi connectivity index (χ0n) is 25.5. The first kappa shape index (κ1) is 28.1. The highest BCUT2D eigenvalue weighted by atomic mass is 16.5. The van der Waals surface area contributed by atoms with Crippen LogP contribution in [-0.2, 0) is 25.7 Å². The van der Waals surface area contributed by atoms with Crippen LogP contribution in [0, 0.1) is 0 Å². The van der Waals surface area contributed by atoms with E-state index >= 15 is 0 Å². The number of phenolic OH excluding ortho intramolecular Hbond substituents is 1. The van der Waals surface area contributed by atoms with E-state index in [9.17, 15) is 5.11 Å². The Kier molecular flexibility index (Phi) is 7.30. The Bertz CT molecular complexity index is 1760. The Morgan fingerprint density at radius 1 is 0.795 bits per heavy atom. The molecule has 1 N–H and O–H groups in total. The minimum absolute atomic E-state index is 0.0280. The minimum atomic E-state index is -0.0875. The molecule has 0 fully saturated rings. The molecule has 0 saturated carbocycles. The second-order valence-electron chi connectivity index (χ2n) is 11.5. The SMILES string of the molecule is COc1ccc2cc1Oc1ccc(cc1)CC1=NCCc3cc(c(OC)cc31)Oc1c(O)c(OC)cc3c1C(C2)N(C)CC3. The van der Waals surface area contributed by atoms with Crippen LogP contribution < -0.4 is 23.7 Å². The van der Waals surface area contributed by atoms with E-state index in [-0.39, 0.29) is 11.8 Å². The largest absolute Gasteiger partial charge is 0.502 e. The van der Waals surface area contributed by atoms with Gasteiger partial charge in [-0.05, 0) is 91.0 Å². The summed E-state index contributed by atoms with van der Waals surface area (Å²) in [5.74, 6) is 3.91. The first-order chi connectivity index (χ1) is 21.4. The molecule has 0 spiro atoms. The first-order valence-electron chi connectivity index (χ1n) is 14.9. The molecule has 0 saturated heterocycles. The van der Waals surface area contributed by atoms with Gasteiger partial charge in [-0.15, -0.1) is 0 Å². The predicted molar refractivity (Wildman–Crippen MR) is 169 cm³/mol. The molecule has 1 atom stereocenters. The van der Waals surface area contributed by atoms with Gasteiger partial charge in [-0.25, -0.2) is 0 Å². The van der Waals surface area contributed by atoms with Crippen LogP contribution in [0.4, 0.5) is 0 Å². The lowest BCUT2D eigenvalue weighted by Crippen LogP contribution is -2.33. The van der Waals surface area contributed by atoms with E-state index in [0.29, 0.717) is 53.9 Å². The molecule has 10 rings (SSSR count). The smallest absolute Gasteiger partial charge is 0.201 e. The number of ether oxygens (including phenoxy) is 5. The van der Waals surface area contributed by atoms with Gasteiger partial charge in [0.1, 0.15) is 5.75 Å². The number of rotatable bonds is 3. The van der Waals surface area contributed by atoms with E-state index < -0.39 is 0 Å². The van der Waals surface area contributed by atoms with E-state index in [0.717, 1.165) is 64.2 Å². The van der Waals surface area contributed by atoms with Gasteiger partial charge in [-0.2, -0.15) is 0 Å². The van der Waals surface area contributed by atoms with Crippen molar-refractivity contribution < 1.29 is 28.8 Å². The Morgan fingerprint density at radius 2 is 1.55 bits per heavy atom. The van der Waals surface area contributed by atoms with Gasteiger partial charge in [0.25, 0.3) is 0 Å². The summed E-state index contributed by atoms with van der Waals surface area (Å²) in [5, 5.41) is 11.6. The fourth-order valence-electron chi connectivity index (χ4n) is 6.57. The maximum absolute atomic E-state index is 11.6. The van der Waals surface area contributed by atoms with Crippen LogP contribution in [0.1, 0.15) is 39.4 Å². The van der Waals surface area contributed by atoms with Crippen molar-refractivity contribution in [2.45, 2.75) is 31.7 Å².